The molecule has 0 amide bonds. The van der Waals surface area contributed by atoms with Crippen molar-refractivity contribution < 1.29 is 4.74 Å². The Kier molecular flexibility index (Phi) is 2.91. The summed E-state index contributed by atoms with van der Waals surface area (Å²) in [6.07, 6.45) is 3.91. The Morgan fingerprint density at radius 1 is 1.47 bits per heavy atom. The maximum atomic E-state index is 5.91. The minimum Gasteiger partial charge on any atom is -0.489 e. The molecule has 2 N–H and O–H groups in total. The fraction of sp³-hybridized carbons (Fsp3) is 0.417. The molecule has 0 atom stereocenters. The first-order valence-corrected chi connectivity index (χ1v) is 5.65. The Balaban J connectivity index is 2.29. The van der Waals surface area contributed by atoms with Gasteiger partial charge in [0.05, 0.1) is 11.7 Å². The third-order valence-corrected chi connectivity index (χ3v) is 3.03. The van der Waals surface area contributed by atoms with Crippen LogP contribution >= 0.6 is 12.2 Å². The molecule has 0 aliphatic heterocycles. The zero-order valence-corrected chi connectivity index (χ0v) is 9.64. The van der Waals surface area contributed by atoms with E-state index in [-0.39, 0.29) is 0 Å². The summed E-state index contributed by atoms with van der Waals surface area (Å²) in [6.45, 7) is 2.02. The Morgan fingerprint density at radius 2 is 2.20 bits per heavy atom. The third kappa shape index (κ3) is 2.12. The van der Waals surface area contributed by atoms with Crippen LogP contribution in [0.3, 0.4) is 0 Å². The minimum atomic E-state index is 0.360. The Hall–Kier alpha value is -1.09. The standard InChI is InChI=1S/C12H15NOS/c1-8-4-2-7-10(12(13)15)11(8)14-9-5-3-6-9/h2,4,7,9H,3,5-6H2,1H3,(H2,13,15). The molecule has 15 heavy (non-hydrogen) atoms. The minimum absolute atomic E-state index is 0.360. The number of nitrogens with two attached hydrogens (primary N) is 1. The van der Waals surface area contributed by atoms with Crippen LogP contribution in [-0.2, 0) is 0 Å². The second-order valence-electron chi connectivity index (χ2n) is 3.99. The molecule has 1 aromatic rings. The van der Waals surface area contributed by atoms with Crippen LogP contribution in [0.4, 0.5) is 0 Å². The summed E-state index contributed by atoms with van der Waals surface area (Å²) in [4.78, 5) is 0.410. The molecular weight excluding hydrogens is 206 g/mol. The predicted molar refractivity (Wildman–Crippen MR) is 65.3 cm³/mol. The maximum Gasteiger partial charge on any atom is 0.132 e. The van der Waals surface area contributed by atoms with Gasteiger partial charge in [0.15, 0.2) is 0 Å². The number of hydrogen-bond acceptors (Lipinski definition) is 2. The summed E-state index contributed by atoms with van der Waals surface area (Å²) >= 11 is 5.01. The van der Waals surface area contributed by atoms with E-state index in [1.807, 2.05) is 25.1 Å². The monoisotopic (exact) mass is 221 g/mol. The van der Waals surface area contributed by atoms with Gasteiger partial charge in [0.2, 0.25) is 0 Å². The molecule has 1 fully saturated rings. The van der Waals surface area contributed by atoms with E-state index >= 15 is 0 Å². The second kappa shape index (κ2) is 4.19. The van der Waals surface area contributed by atoms with Crippen molar-refractivity contribution in [2.24, 2.45) is 5.73 Å². The van der Waals surface area contributed by atoms with Gasteiger partial charge in [-0.25, -0.2) is 0 Å². The lowest BCUT2D eigenvalue weighted by Crippen LogP contribution is -2.26. The van der Waals surface area contributed by atoms with E-state index in [9.17, 15) is 0 Å². The molecule has 0 unspecified atom stereocenters. The van der Waals surface area contributed by atoms with Crippen molar-refractivity contribution >= 4 is 17.2 Å². The lowest BCUT2D eigenvalue weighted by Gasteiger charge is -2.28. The van der Waals surface area contributed by atoms with Crippen molar-refractivity contribution in [1.82, 2.24) is 0 Å². The average Bonchev–Trinajstić information content (AvgIpc) is 2.12. The van der Waals surface area contributed by atoms with Gasteiger partial charge in [-0.1, -0.05) is 24.4 Å². The highest BCUT2D eigenvalue weighted by atomic mass is 32.1. The Morgan fingerprint density at radius 3 is 2.73 bits per heavy atom. The van der Waals surface area contributed by atoms with E-state index < -0.39 is 0 Å². The Bertz CT molecular complexity index is 385. The van der Waals surface area contributed by atoms with Crippen LogP contribution in [0.5, 0.6) is 5.75 Å². The van der Waals surface area contributed by atoms with Gasteiger partial charge in [-0.3, -0.25) is 0 Å². The second-order valence-corrected chi connectivity index (χ2v) is 4.43. The van der Waals surface area contributed by atoms with Crippen molar-refractivity contribution in [3.8, 4) is 5.75 Å². The van der Waals surface area contributed by atoms with E-state index in [0.717, 1.165) is 29.7 Å². The molecule has 1 saturated carbocycles. The molecule has 80 valence electrons. The number of rotatable bonds is 3. The molecule has 0 heterocycles. The van der Waals surface area contributed by atoms with Crippen molar-refractivity contribution in [1.29, 1.82) is 0 Å². The molecule has 0 radical (unpaired) electrons. The van der Waals surface area contributed by atoms with Crippen molar-refractivity contribution in [3.05, 3.63) is 29.3 Å². The molecule has 2 nitrogen and oxygen atoms in total. The van der Waals surface area contributed by atoms with Crippen LogP contribution < -0.4 is 10.5 Å². The zero-order valence-electron chi connectivity index (χ0n) is 8.82. The largest absolute Gasteiger partial charge is 0.489 e. The molecule has 2 rings (SSSR count). The third-order valence-electron chi connectivity index (χ3n) is 2.81. The first kappa shape index (κ1) is 10.4. The summed E-state index contributed by atoms with van der Waals surface area (Å²) in [5.41, 5.74) is 7.63. The predicted octanol–water partition coefficient (Wildman–Crippen LogP) is 2.56. The molecule has 3 heteroatoms. The summed E-state index contributed by atoms with van der Waals surface area (Å²) in [5, 5.41) is 0. The highest BCUT2D eigenvalue weighted by Crippen LogP contribution is 2.30. The van der Waals surface area contributed by atoms with Gasteiger partial charge in [0.25, 0.3) is 0 Å². The van der Waals surface area contributed by atoms with E-state index in [1.54, 1.807) is 0 Å². The quantitative estimate of drug-likeness (QED) is 0.797. The van der Waals surface area contributed by atoms with Crippen LogP contribution in [0.1, 0.15) is 30.4 Å². The van der Waals surface area contributed by atoms with Crippen LogP contribution in [0.25, 0.3) is 0 Å². The van der Waals surface area contributed by atoms with Gasteiger partial charge in [-0.15, -0.1) is 0 Å². The summed E-state index contributed by atoms with van der Waals surface area (Å²) in [7, 11) is 0. The fourth-order valence-corrected chi connectivity index (χ4v) is 1.82. The van der Waals surface area contributed by atoms with E-state index in [1.165, 1.54) is 6.42 Å². The van der Waals surface area contributed by atoms with E-state index in [4.69, 9.17) is 22.7 Å². The lowest BCUT2D eigenvalue weighted by atomic mass is 9.96. The van der Waals surface area contributed by atoms with Gasteiger partial charge >= 0.3 is 0 Å². The van der Waals surface area contributed by atoms with Crippen LogP contribution in [-0.4, -0.2) is 11.1 Å². The average molecular weight is 221 g/mol. The maximum absolute atomic E-state index is 5.91. The highest BCUT2D eigenvalue weighted by molar-refractivity contribution is 7.80. The van der Waals surface area contributed by atoms with E-state index in [0.29, 0.717) is 11.1 Å². The number of hydrogen-bond donors (Lipinski definition) is 1. The van der Waals surface area contributed by atoms with Gasteiger partial charge in [-0.2, -0.15) is 0 Å². The number of para-hydroxylation sites is 1. The highest BCUT2D eigenvalue weighted by Gasteiger charge is 2.21. The summed E-state index contributed by atoms with van der Waals surface area (Å²) < 4.78 is 5.91. The molecule has 0 bridgehead atoms. The number of benzene rings is 1. The number of thiocarbonyl (C=S) groups is 1. The normalized spacial score (nSPS) is 15.8. The SMILES string of the molecule is Cc1cccc(C(N)=S)c1OC1CCC1. The molecule has 0 spiro atoms. The van der Waals surface area contributed by atoms with Crippen molar-refractivity contribution in [2.75, 3.05) is 0 Å². The Labute approximate surface area is 95.4 Å². The first-order chi connectivity index (χ1) is 7.18. The molecule has 1 aliphatic rings. The first-order valence-electron chi connectivity index (χ1n) is 5.24. The van der Waals surface area contributed by atoms with Crippen LogP contribution in [0.2, 0.25) is 0 Å². The van der Waals surface area contributed by atoms with E-state index in [2.05, 4.69) is 0 Å². The lowest BCUT2D eigenvalue weighted by molar-refractivity contribution is 0.119. The molecule has 0 aromatic heterocycles. The van der Waals surface area contributed by atoms with Crippen LogP contribution in [0.15, 0.2) is 18.2 Å². The van der Waals surface area contributed by atoms with Gasteiger partial charge in [-0.05, 0) is 37.8 Å². The number of aryl methyl sites for hydroxylation is 1. The van der Waals surface area contributed by atoms with Crippen molar-refractivity contribution in [2.45, 2.75) is 32.3 Å². The van der Waals surface area contributed by atoms with Crippen LogP contribution in [0, 0.1) is 6.92 Å². The summed E-state index contributed by atoms with van der Waals surface area (Å²) in [5.74, 6) is 0.870. The number of ether oxygens (including phenoxy) is 1. The molecule has 0 saturated heterocycles. The van der Waals surface area contributed by atoms with Gasteiger partial charge in [0, 0.05) is 0 Å². The smallest absolute Gasteiger partial charge is 0.132 e. The van der Waals surface area contributed by atoms with Crippen molar-refractivity contribution in [3.63, 3.8) is 0 Å². The summed E-state index contributed by atoms with van der Waals surface area (Å²) in [6, 6.07) is 5.90. The molecular formula is C12H15NOS. The zero-order chi connectivity index (χ0) is 10.8. The topological polar surface area (TPSA) is 35.2 Å². The molecule has 1 aliphatic carbocycles. The van der Waals surface area contributed by atoms with Gasteiger partial charge in [0.1, 0.15) is 10.7 Å². The molecule has 1 aromatic carbocycles. The van der Waals surface area contributed by atoms with Gasteiger partial charge < -0.3 is 10.5 Å². The fourth-order valence-electron chi connectivity index (χ4n) is 1.66.